The number of nitrogens with one attached hydrogen (secondary N) is 2. The van der Waals surface area contributed by atoms with E-state index in [1.54, 1.807) is 33.1 Å². The molecule has 8 heteroatoms. The Morgan fingerprint density at radius 3 is 2.36 bits per heavy atom. The summed E-state index contributed by atoms with van der Waals surface area (Å²) in [5.41, 5.74) is 3.73. The maximum Gasteiger partial charge on any atom is 0.300 e. The lowest BCUT2D eigenvalue weighted by Gasteiger charge is -2.24. The summed E-state index contributed by atoms with van der Waals surface area (Å²) in [5.74, 6) is -2.85. The summed E-state index contributed by atoms with van der Waals surface area (Å²) in [6, 6.07) is 17.1. The molecule has 0 atom stereocenters. The fraction of sp³-hybridized carbons (Fsp3) is 0.290. The fourth-order valence-corrected chi connectivity index (χ4v) is 5.13. The van der Waals surface area contributed by atoms with Crippen LogP contribution in [0.15, 0.2) is 60.7 Å². The molecule has 1 amide bonds. The van der Waals surface area contributed by atoms with E-state index in [9.17, 15) is 18.8 Å². The fourth-order valence-electron chi connectivity index (χ4n) is 5.13. The zero-order chi connectivity index (χ0) is 28.1. The number of aryl methyl sites for hydroxylation is 3. The first kappa shape index (κ1) is 26.4. The van der Waals surface area contributed by atoms with E-state index in [1.807, 2.05) is 38.1 Å². The van der Waals surface area contributed by atoms with Crippen LogP contribution in [-0.4, -0.2) is 18.0 Å². The molecule has 1 aliphatic carbocycles. The van der Waals surface area contributed by atoms with E-state index in [-0.39, 0.29) is 22.8 Å². The van der Waals surface area contributed by atoms with Gasteiger partial charge in [0.1, 0.15) is 5.75 Å². The minimum atomic E-state index is -3.01. The number of methoxy groups -OCH3 is 1. The molecule has 0 saturated heterocycles. The molecule has 1 fully saturated rings. The van der Waals surface area contributed by atoms with Gasteiger partial charge in [0.25, 0.3) is 17.7 Å². The van der Waals surface area contributed by atoms with Gasteiger partial charge in [-0.25, -0.2) is 18.5 Å². The van der Waals surface area contributed by atoms with Crippen LogP contribution in [0.5, 0.6) is 5.75 Å². The first-order valence-corrected chi connectivity index (χ1v) is 12.8. The number of hydrogen-bond acceptors (Lipinski definition) is 3. The maximum absolute atomic E-state index is 15.0. The number of carbonyl (C=O) groups is 1. The standard InChI is InChI=1S/C31H31F2N3O3/c1-18-8-6-9-19(2)26(18)24-16-21(12-13-25(24)39-5)28-34-20(3)27(36(28)38)29(37)35-23-11-7-10-22(17-23)31(32,33)30(4)14-15-30/h6-13,16-17,34H,14-15H2,1-5H3,(H,35,37). The number of anilines is 1. The number of amides is 1. The van der Waals surface area contributed by atoms with Crippen LogP contribution in [0, 0.1) is 31.4 Å². The molecule has 6 nitrogen and oxygen atoms in total. The lowest BCUT2D eigenvalue weighted by atomic mass is 9.93. The van der Waals surface area contributed by atoms with Crippen molar-refractivity contribution in [3.63, 3.8) is 0 Å². The second-order valence-corrected chi connectivity index (χ2v) is 10.6. The summed E-state index contributed by atoms with van der Waals surface area (Å²) in [4.78, 5) is 16.2. The zero-order valence-corrected chi connectivity index (χ0v) is 22.6. The Hall–Kier alpha value is -4.20. The summed E-state index contributed by atoms with van der Waals surface area (Å²) in [6.07, 6.45) is 0.906. The molecule has 39 heavy (non-hydrogen) atoms. The smallest absolute Gasteiger partial charge is 0.300 e. The van der Waals surface area contributed by atoms with Gasteiger partial charge in [0.2, 0.25) is 5.69 Å². The van der Waals surface area contributed by atoms with Crippen LogP contribution in [0.2, 0.25) is 0 Å². The number of rotatable bonds is 7. The molecule has 1 heterocycles. The highest BCUT2D eigenvalue weighted by molar-refractivity contribution is 6.03. The number of H-pyrrole nitrogens is 1. The first-order chi connectivity index (χ1) is 18.5. The number of nitrogens with zero attached hydrogens (tertiary/aromatic N) is 1. The van der Waals surface area contributed by atoms with Gasteiger partial charge in [-0.1, -0.05) is 37.3 Å². The Labute approximate surface area is 226 Å². The number of halogens is 2. The van der Waals surface area contributed by atoms with Crippen LogP contribution in [-0.2, 0) is 5.92 Å². The third kappa shape index (κ3) is 4.54. The van der Waals surface area contributed by atoms with Gasteiger partial charge in [-0.2, -0.15) is 0 Å². The lowest BCUT2D eigenvalue weighted by molar-refractivity contribution is -0.594. The Kier molecular flexibility index (Phi) is 6.45. The van der Waals surface area contributed by atoms with Crippen LogP contribution >= 0.6 is 0 Å². The molecule has 0 bridgehead atoms. The molecule has 4 aromatic rings. The van der Waals surface area contributed by atoms with Crippen molar-refractivity contribution in [2.24, 2.45) is 5.41 Å². The topological polar surface area (TPSA) is 81.1 Å². The van der Waals surface area contributed by atoms with Crippen LogP contribution in [0.4, 0.5) is 14.5 Å². The van der Waals surface area contributed by atoms with E-state index in [4.69, 9.17) is 4.74 Å². The summed E-state index contributed by atoms with van der Waals surface area (Å²) >= 11 is 0. The zero-order valence-electron chi connectivity index (χ0n) is 22.6. The molecule has 3 aromatic carbocycles. The molecule has 1 saturated carbocycles. The summed E-state index contributed by atoms with van der Waals surface area (Å²) in [7, 11) is 1.59. The van der Waals surface area contributed by atoms with Gasteiger partial charge in [-0.3, -0.25) is 4.79 Å². The van der Waals surface area contributed by atoms with Crippen LogP contribution in [0.3, 0.4) is 0 Å². The van der Waals surface area contributed by atoms with Gasteiger partial charge in [0, 0.05) is 29.2 Å². The van der Waals surface area contributed by atoms with E-state index in [2.05, 4.69) is 10.3 Å². The molecule has 202 valence electrons. The molecule has 1 aliphatic rings. The number of benzene rings is 3. The highest BCUT2D eigenvalue weighted by Crippen LogP contribution is 2.61. The van der Waals surface area contributed by atoms with Crippen molar-refractivity contribution in [3.8, 4) is 28.3 Å². The summed E-state index contributed by atoms with van der Waals surface area (Å²) in [5, 5.41) is 16.0. The number of carbonyl (C=O) groups excluding carboxylic acids is 1. The van der Waals surface area contributed by atoms with Crippen molar-refractivity contribution in [1.82, 2.24) is 4.98 Å². The number of aromatic amines is 1. The quantitative estimate of drug-likeness (QED) is 0.198. The Bertz CT molecular complexity index is 1570. The second-order valence-electron chi connectivity index (χ2n) is 10.6. The van der Waals surface area contributed by atoms with Gasteiger partial charge in [-0.15, -0.1) is 0 Å². The molecular formula is C31H31F2N3O3. The van der Waals surface area contributed by atoms with Crippen molar-refractivity contribution < 1.29 is 23.0 Å². The number of alkyl halides is 2. The molecule has 0 unspecified atom stereocenters. The van der Waals surface area contributed by atoms with Crippen molar-refractivity contribution in [1.29, 1.82) is 0 Å². The lowest BCUT2D eigenvalue weighted by Crippen LogP contribution is -2.36. The Balaban J connectivity index is 1.48. The van der Waals surface area contributed by atoms with E-state index in [0.717, 1.165) is 22.3 Å². The van der Waals surface area contributed by atoms with Gasteiger partial charge in [0.05, 0.1) is 12.7 Å². The largest absolute Gasteiger partial charge is 0.710 e. The predicted molar refractivity (Wildman–Crippen MR) is 147 cm³/mol. The van der Waals surface area contributed by atoms with Crippen molar-refractivity contribution in [2.75, 3.05) is 12.4 Å². The SMILES string of the molecule is COc1ccc(-c2[nH]c(C)c(C(=O)Nc3cccc(C(F)(F)C4(C)CC4)c3)[n+]2[O-])cc1-c1c(C)cccc1C. The average molecular weight is 532 g/mol. The monoisotopic (exact) mass is 531 g/mol. The average Bonchev–Trinajstić information content (AvgIpc) is 3.59. The summed E-state index contributed by atoms with van der Waals surface area (Å²) in [6.45, 7) is 7.22. The van der Waals surface area contributed by atoms with Crippen LogP contribution in [0.25, 0.3) is 22.5 Å². The van der Waals surface area contributed by atoms with Gasteiger partial charge >= 0.3 is 0 Å². The second kappa shape index (κ2) is 9.52. The minimum absolute atomic E-state index is 0.138. The molecule has 1 aromatic heterocycles. The molecule has 2 N–H and O–H groups in total. The van der Waals surface area contributed by atoms with Crippen molar-refractivity contribution in [2.45, 2.75) is 46.5 Å². The van der Waals surface area contributed by atoms with Gasteiger partial charge in [-0.05, 0) is 73.7 Å². The van der Waals surface area contributed by atoms with Gasteiger partial charge in [0.15, 0.2) is 5.69 Å². The van der Waals surface area contributed by atoms with Crippen molar-refractivity contribution in [3.05, 3.63) is 93.9 Å². The van der Waals surface area contributed by atoms with Crippen molar-refractivity contribution >= 4 is 11.6 Å². The van der Waals surface area contributed by atoms with E-state index in [1.165, 1.54) is 24.3 Å². The third-order valence-electron chi connectivity index (χ3n) is 7.75. The molecule has 0 spiro atoms. The van der Waals surface area contributed by atoms with E-state index in [0.29, 0.717) is 34.6 Å². The predicted octanol–water partition coefficient (Wildman–Crippen LogP) is 7.06. The Morgan fingerprint density at radius 2 is 1.72 bits per heavy atom. The number of hydrogen-bond donors (Lipinski definition) is 2. The third-order valence-corrected chi connectivity index (χ3v) is 7.75. The molecule has 0 aliphatic heterocycles. The minimum Gasteiger partial charge on any atom is -0.710 e. The molecular weight excluding hydrogens is 500 g/mol. The Morgan fingerprint density at radius 1 is 1.05 bits per heavy atom. The maximum atomic E-state index is 15.0. The van der Waals surface area contributed by atoms with Crippen LogP contribution in [0.1, 0.15) is 52.6 Å². The normalized spacial score (nSPS) is 14.2. The highest BCUT2D eigenvalue weighted by Gasteiger charge is 2.59. The molecule has 5 rings (SSSR count). The van der Waals surface area contributed by atoms with E-state index >= 15 is 0 Å². The van der Waals surface area contributed by atoms with Gasteiger partial charge < -0.3 is 15.3 Å². The van der Waals surface area contributed by atoms with Crippen LogP contribution < -0.4 is 14.8 Å². The first-order valence-electron chi connectivity index (χ1n) is 12.8. The highest BCUT2D eigenvalue weighted by atomic mass is 19.3. The number of imidazole rings is 1. The summed E-state index contributed by atoms with van der Waals surface area (Å²) < 4.78 is 36.1. The number of aromatic nitrogens is 2. The number of ether oxygens (including phenoxy) is 1. The van der Waals surface area contributed by atoms with E-state index < -0.39 is 17.2 Å². The molecule has 0 radical (unpaired) electrons.